The van der Waals surface area contributed by atoms with Crippen LogP contribution in [0.4, 0.5) is 0 Å². The van der Waals surface area contributed by atoms with E-state index in [1.54, 1.807) is 0 Å². The summed E-state index contributed by atoms with van der Waals surface area (Å²) in [6.07, 6.45) is 5.62. The fourth-order valence-electron chi connectivity index (χ4n) is 1.42. The molecule has 0 amide bonds. The van der Waals surface area contributed by atoms with Gasteiger partial charge in [-0.1, -0.05) is 19.9 Å². The average molecular weight is 249 g/mol. The number of hydrogen-bond donors (Lipinski definition) is 1. The van der Waals surface area contributed by atoms with Crippen molar-refractivity contribution in [3.8, 4) is 6.01 Å². The fourth-order valence-corrected chi connectivity index (χ4v) is 1.42. The van der Waals surface area contributed by atoms with Crippen LogP contribution in [-0.4, -0.2) is 22.6 Å². The summed E-state index contributed by atoms with van der Waals surface area (Å²) in [5, 5.41) is 3.35. The number of nitrogens with one attached hydrogen (secondary N) is 1. The average Bonchev–Trinajstić information content (AvgIpc) is 2.33. The van der Waals surface area contributed by atoms with Crippen LogP contribution in [0.3, 0.4) is 0 Å². The minimum absolute atomic E-state index is 0.458. The van der Waals surface area contributed by atoms with E-state index in [9.17, 15) is 0 Å². The Hall–Kier alpha value is -1.42. The molecule has 1 aromatic heterocycles. The quantitative estimate of drug-likeness (QED) is 0.568. The van der Waals surface area contributed by atoms with Crippen molar-refractivity contribution in [2.75, 3.05) is 6.61 Å². The number of hydrogen-bond acceptors (Lipinski definition) is 4. The molecule has 1 rings (SSSR count). The molecule has 0 bridgehead atoms. The maximum atomic E-state index is 5.48. The molecule has 0 saturated carbocycles. The van der Waals surface area contributed by atoms with Gasteiger partial charge in [0, 0.05) is 30.0 Å². The second-order valence-electron chi connectivity index (χ2n) is 4.58. The van der Waals surface area contributed by atoms with Crippen molar-refractivity contribution in [2.45, 2.75) is 46.2 Å². The standard InChI is InChI=1S/C14H23N3O/c1-5-6-7-8-18-14-16-10-13(12(4)17-14)9-15-11(2)3/h5,10-11,15H,1,6-9H2,2-4H3. The van der Waals surface area contributed by atoms with Gasteiger partial charge < -0.3 is 10.1 Å². The predicted octanol–water partition coefficient (Wildman–Crippen LogP) is 2.63. The molecule has 0 radical (unpaired) electrons. The lowest BCUT2D eigenvalue weighted by Gasteiger charge is -2.10. The molecule has 1 aromatic rings. The van der Waals surface area contributed by atoms with Crippen molar-refractivity contribution in [1.82, 2.24) is 15.3 Å². The van der Waals surface area contributed by atoms with Crippen LogP contribution < -0.4 is 10.1 Å². The highest BCUT2D eigenvalue weighted by Gasteiger charge is 2.04. The molecule has 1 N–H and O–H groups in total. The second kappa shape index (κ2) is 7.82. The molecule has 100 valence electrons. The molecule has 4 nitrogen and oxygen atoms in total. The summed E-state index contributed by atoms with van der Waals surface area (Å²) in [7, 11) is 0. The number of unbranched alkanes of at least 4 members (excludes halogenated alkanes) is 1. The van der Waals surface area contributed by atoms with Crippen molar-refractivity contribution in [1.29, 1.82) is 0 Å². The van der Waals surface area contributed by atoms with E-state index in [0.29, 0.717) is 18.7 Å². The van der Waals surface area contributed by atoms with Gasteiger partial charge in [0.25, 0.3) is 0 Å². The van der Waals surface area contributed by atoms with E-state index in [0.717, 1.165) is 30.6 Å². The van der Waals surface area contributed by atoms with E-state index in [-0.39, 0.29) is 0 Å². The van der Waals surface area contributed by atoms with Gasteiger partial charge in [0.1, 0.15) is 0 Å². The number of nitrogens with zero attached hydrogens (tertiary/aromatic N) is 2. The first kappa shape index (κ1) is 14.6. The molecule has 1 heterocycles. The van der Waals surface area contributed by atoms with Crippen LogP contribution in [0.15, 0.2) is 18.9 Å². The van der Waals surface area contributed by atoms with Crippen molar-refractivity contribution < 1.29 is 4.74 Å². The van der Waals surface area contributed by atoms with Gasteiger partial charge in [-0.05, 0) is 19.8 Å². The fraction of sp³-hybridized carbons (Fsp3) is 0.571. The van der Waals surface area contributed by atoms with E-state index in [1.165, 1.54) is 0 Å². The zero-order valence-electron chi connectivity index (χ0n) is 11.6. The largest absolute Gasteiger partial charge is 0.463 e. The number of allylic oxidation sites excluding steroid dienone is 1. The molecule has 0 spiro atoms. The van der Waals surface area contributed by atoms with Gasteiger partial charge in [0.2, 0.25) is 0 Å². The zero-order chi connectivity index (χ0) is 13.4. The number of aromatic nitrogens is 2. The van der Waals surface area contributed by atoms with Crippen LogP contribution in [0.2, 0.25) is 0 Å². The van der Waals surface area contributed by atoms with Crippen molar-refractivity contribution in [3.05, 3.63) is 30.1 Å². The molecule has 0 saturated heterocycles. The first-order chi connectivity index (χ1) is 8.63. The van der Waals surface area contributed by atoms with Crippen LogP contribution in [0.5, 0.6) is 6.01 Å². The lowest BCUT2D eigenvalue weighted by molar-refractivity contribution is 0.286. The molecule has 4 heteroatoms. The Bertz CT molecular complexity index is 377. The highest BCUT2D eigenvalue weighted by molar-refractivity contribution is 5.17. The number of ether oxygens (including phenoxy) is 1. The molecule has 0 atom stereocenters. The monoisotopic (exact) mass is 249 g/mol. The third-order valence-electron chi connectivity index (χ3n) is 2.54. The summed E-state index contributed by atoms with van der Waals surface area (Å²) in [5.74, 6) is 0. The summed E-state index contributed by atoms with van der Waals surface area (Å²) in [6, 6.07) is 0.920. The smallest absolute Gasteiger partial charge is 0.316 e. The Morgan fingerprint density at radius 3 is 2.89 bits per heavy atom. The van der Waals surface area contributed by atoms with Gasteiger partial charge in [0.15, 0.2) is 0 Å². The van der Waals surface area contributed by atoms with Gasteiger partial charge in [-0.2, -0.15) is 0 Å². The number of aryl methyl sites for hydroxylation is 1. The highest BCUT2D eigenvalue weighted by Crippen LogP contribution is 2.09. The molecular weight excluding hydrogens is 226 g/mol. The Morgan fingerprint density at radius 1 is 1.50 bits per heavy atom. The van der Waals surface area contributed by atoms with Gasteiger partial charge in [0.05, 0.1) is 6.61 Å². The minimum atomic E-state index is 0.458. The van der Waals surface area contributed by atoms with E-state index in [1.807, 2.05) is 19.2 Å². The molecule has 0 aliphatic carbocycles. The zero-order valence-corrected chi connectivity index (χ0v) is 11.6. The minimum Gasteiger partial charge on any atom is -0.463 e. The van der Waals surface area contributed by atoms with Crippen LogP contribution in [0, 0.1) is 6.92 Å². The van der Waals surface area contributed by atoms with Crippen molar-refractivity contribution in [3.63, 3.8) is 0 Å². The Morgan fingerprint density at radius 2 is 2.28 bits per heavy atom. The normalized spacial score (nSPS) is 10.7. The van der Waals surface area contributed by atoms with Crippen LogP contribution in [0.1, 0.15) is 37.9 Å². The maximum Gasteiger partial charge on any atom is 0.316 e. The van der Waals surface area contributed by atoms with Crippen LogP contribution in [-0.2, 0) is 6.54 Å². The highest BCUT2D eigenvalue weighted by atomic mass is 16.5. The van der Waals surface area contributed by atoms with E-state index < -0.39 is 0 Å². The van der Waals surface area contributed by atoms with E-state index >= 15 is 0 Å². The maximum absolute atomic E-state index is 5.48. The Kier molecular flexibility index (Phi) is 6.36. The summed E-state index contributed by atoms with van der Waals surface area (Å²) in [4.78, 5) is 8.57. The third kappa shape index (κ3) is 5.27. The Labute approximate surface area is 109 Å². The summed E-state index contributed by atoms with van der Waals surface area (Å²) in [5.41, 5.74) is 2.08. The van der Waals surface area contributed by atoms with Gasteiger partial charge >= 0.3 is 6.01 Å². The lowest BCUT2D eigenvalue weighted by Crippen LogP contribution is -2.22. The molecular formula is C14H23N3O. The molecule has 18 heavy (non-hydrogen) atoms. The van der Waals surface area contributed by atoms with Crippen LogP contribution in [0.25, 0.3) is 0 Å². The molecule has 0 aromatic carbocycles. The van der Waals surface area contributed by atoms with Gasteiger partial charge in [-0.25, -0.2) is 9.97 Å². The molecule has 0 aliphatic heterocycles. The van der Waals surface area contributed by atoms with Crippen molar-refractivity contribution >= 4 is 0 Å². The topological polar surface area (TPSA) is 47.0 Å². The summed E-state index contributed by atoms with van der Waals surface area (Å²) in [6.45, 7) is 11.3. The number of rotatable bonds is 8. The van der Waals surface area contributed by atoms with Gasteiger partial charge in [-0.3, -0.25) is 0 Å². The third-order valence-corrected chi connectivity index (χ3v) is 2.54. The molecule has 0 unspecified atom stereocenters. The molecule has 0 fully saturated rings. The van der Waals surface area contributed by atoms with Crippen LogP contribution >= 0.6 is 0 Å². The van der Waals surface area contributed by atoms with Gasteiger partial charge in [-0.15, -0.1) is 6.58 Å². The second-order valence-corrected chi connectivity index (χ2v) is 4.58. The molecule has 0 aliphatic rings. The first-order valence-electron chi connectivity index (χ1n) is 6.43. The SMILES string of the molecule is C=CCCCOc1ncc(CNC(C)C)c(C)n1. The van der Waals surface area contributed by atoms with E-state index in [4.69, 9.17) is 4.74 Å². The summed E-state index contributed by atoms with van der Waals surface area (Å²) >= 11 is 0. The lowest BCUT2D eigenvalue weighted by atomic mass is 10.2. The predicted molar refractivity (Wildman–Crippen MR) is 73.7 cm³/mol. The summed E-state index contributed by atoms with van der Waals surface area (Å²) < 4.78 is 5.48. The van der Waals surface area contributed by atoms with E-state index in [2.05, 4.69) is 35.7 Å². The Balaban J connectivity index is 2.48. The first-order valence-corrected chi connectivity index (χ1v) is 6.43. The van der Waals surface area contributed by atoms with Crippen molar-refractivity contribution in [2.24, 2.45) is 0 Å².